The summed E-state index contributed by atoms with van der Waals surface area (Å²) >= 11 is 3.35. The van der Waals surface area contributed by atoms with Crippen LogP contribution in [-0.4, -0.2) is 25.8 Å². The molecule has 1 saturated heterocycles. The van der Waals surface area contributed by atoms with E-state index in [0.29, 0.717) is 23.9 Å². The molecular weight excluding hydrogens is 326 g/mol. The van der Waals surface area contributed by atoms with Gasteiger partial charge in [-0.1, -0.05) is 35.3 Å². The third-order valence-corrected chi connectivity index (χ3v) is 6.21. The maximum absolute atomic E-state index is 12.7. The summed E-state index contributed by atoms with van der Waals surface area (Å²) in [6.07, 6.45) is 3.22. The van der Waals surface area contributed by atoms with E-state index >= 15 is 0 Å². The normalized spacial score (nSPS) is 20.9. The fraction of sp³-hybridized carbons (Fsp3) is 0.571. The molecule has 0 N–H and O–H groups in total. The van der Waals surface area contributed by atoms with E-state index in [9.17, 15) is 8.42 Å². The fourth-order valence-electron chi connectivity index (χ4n) is 2.65. The number of hydrogen-bond acceptors (Lipinski definition) is 2. The molecule has 2 rings (SSSR count). The van der Waals surface area contributed by atoms with Crippen LogP contribution in [0.2, 0.25) is 0 Å². The van der Waals surface area contributed by atoms with E-state index in [2.05, 4.69) is 22.9 Å². The molecule has 1 unspecified atom stereocenters. The topological polar surface area (TPSA) is 37.4 Å². The highest BCUT2D eigenvalue weighted by atomic mass is 79.9. The summed E-state index contributed by atoms with van der Waals surface area (Å²) in [5, 5.41) is 0. The molecule has 0 spiro atoms. The summed E-state index contributed by atoms with van der Waals surface area (Å²) in [7, 11) is -3.34. The third kappa shape index (κ3) is 3.20. The minimum absolute atomic E-state index is 0.430. The lowest BCUT2D eigenvalue weighted by Crippen LogP contribution is -2.29. The van der Waals surface area contributed by atoms with E-state index in [-0.39, 0.29) is 0 Å². The lowest BCUT2D eigenvalue weighted by molar-refractivity contribution is 0.444. The highest BCUT2D eigenvalue weighted by Gasteiger charge is 2.32. The molecule has 0 aromatic heterocycles. The molecule has 19 heavy (non-hydrogen) atoms. The molecule has 1 atom stereocenters. The summed E-state index contributed by atoms with van der Waals surface area (Å²) in [5.74, 6) is 0.521. The number of hydrogen-bond donors (Lipinski definition) is 0. The average molecular weight is 346 g/mol. The second kappa shape index (κ2) is 5.94. The molecule has 0 bridgehead atoms. The van der Waals surface area contributed by atoms with Gasteiger partial charge in [-0.05, 0) is 43.4 Å². The molecule has 3 nitrogen and oxygen atoms in total. The largest absolute Gasteiger partial charge is 0.243 e. The van der Waals surface area contributed by atoms with Crippen LogP contribution in [-0.2, 0) is 10.0 Å². The van der Waals surface area contributed by atoms with Crippen LogP contribution in [0, 0.1) is 12.8 Å². The van der Waals surface area contributed by atoms with Gasteiger partial charge >= 0.3 is 0 Å². The summed E-state index contributed by atoms with van der Waals surface area (Å²) in [5.41, 5.74) is 0.808. The zero-order valence-electron chi connectivity index (χ0n) is 11.4. The highest BCUT2D eigenvalue weighted by molar-refractivity contribution is 9.10. The summed E-state index contributed by atoms with van der Waals surface area (Å²) < 4.78 is 27.8. The van der Waals surface area contributed by atoms with Crippen LogP contribution in [0.4, 0.5) is 0 Å². The van der Waals surface area contributed by atoms with Crippen molar-refractivity contribution in [3.05, 3.63) is 28.2 Å². The molecule has 1 aliphatic heterocycles. The summed E-state index contributed by atoms with van der Waals surface area (Å²) in [4.78, 5) is 0.430. The van der Waals surface area contributed by atoms with Crippen LogP contribution in [0.15, 0.2) is 27.6 Å². The number of sulfonamides is 1. The van der Waals surface area contributed by atoms with E-state index in [1.807, 2.05) is 19.1 Å². The van der Waals surface area contributed by atoms with E-state index in [1.54, 1.807) is 10.4 Å². The van der Waals surface area contributed by atoms with Gasteiger partial charge in [-0.2, -0.15) is 4.31 Å². The molecule has 1 aromatic rings. The molecule has 1 aliphatic rings. The maximum atomic E-state index is 12.7. The Kier molecular flexibility index (Phi) is 4.69. The SMILES string of the molecule is CCCC1CCN(S(=O)(=O)c2cc(Br)ccc2C)C1. The van der Waals surface area contributed by atoms with Gasteiger partial charge < -0.3 is 0 Å². The summed E-state index contributed by atoms with van der Waals surface area (Å²) in [6, 6.07) is 5.42. The van der Waals surface area contributed by atoms with Crippen molar-refractivity contribution in [2.45, 2.75) is 38.0 Å². The second-order valence-electron chi connectivity index (χ2n) is 5.22. The fourth-order valence-corrected chi connectivity index (χ4v) is 4.94. The number of nitrogens with zero attached hydrogens (tertiary/aromatic N) is 1. The first kappa shape index (κ1) is 15.0. The first-order valence-corrected chi connectivity index (χ1v) is 8.94. The van der Waals surface area contributed by atoms with E-state index in [1.165, 1.54) is 0 Å². The van der Waals surface area contributed by atoms with Crippen molar-refractivity contribution < 1.29 is 8.42 Å². The number of halogens is 1. The van der Waals surface area contributed by atoms with Crippen molar-refractivity contribution in [1.29, 1.82) is 0 Å². The Balaban J connectivity index is 2.26. The van der Waals surface area contributed by atoms with Crippen molar-refractivity contribution in [3.63, 3.8) is 0 Å². The molecule has 0 saturated carbocycles. The first-order chi connectivity index (χ1) is 8.95. The van der Waals surface area contributed by atoms with Gasteiger partial charge in [0.25, 0.3) is 0 Å². The minimum atomic E-state index is -3.34. The van der Waals surface area contributed by atoms with Crippen molar-refractivity contribution >= 4 is 26.0 Å². The monoisotopic (exact) mass is 345 g/mol. The Morgan fingerprint density at radius 3 is 2.84 bits per heavy atom. The zero-order chi connectivity index (χ0) is 14.0. The van der Waals surface area contributed by atoms with E-state index in [0.717, 1.165) is 29.3 Å². The molecule has 1 heterocycles. The molecule has 106 valence electrons. The zero-order valence-corrected chi connectivity index (χ0v) is 13.8. The predicted octanol–water partition coefficient (Wildman–Crippen LogP) is 3.57. The van der Waals surface area contributed by atoms with E-state index < -0.39 is 10.0 Å². The highest BCUT2D eigenvalue weighted by Crippen LogP contribution is 2.29. The van der Waals surface area contributed by atoms with Gasteiger partial charge in [0.2, 0.25) is 10.0 Å². The average Bonchev–Trinajstić information content (AvgIpc) is 2.82. The molecule has 0 aliphatic carbocycles. The van der Waals surface area contributed by atoms with Gasteiger partial charge in [-0.15, -0.1) is 0 Å². The van der Waals surface area contributed by atoms with Gasteiger partial charge in [0, 0.05) is 17.6 Å². The lowest BCUT2D eigenvalue weighted by atomic mass is 10.0. The van der Waals surface area contributed by atoms with Gasteiger partial charge in [0.05, 0.1) is 4.90 Å². The quantitative estimate of drug-likeness (QED) is 0.836. The van der Waals surface area contributed by atoms with Crippen LogP contribution in [0.25, 0.3) is 0 Å². The molecule has 0 radical (unpaired) electrons. The van der Waals surface area contributed by atoms with Crippen LogP contribution < -0.4 is 0 Å². The Labute approximate surface area is 124 Å². The van der Waals surface area contributed by atoms with Crippen molar-refractivity contribution in [3.8, 4) is 0 Å². The molecule has 5 heteroatoms. The Morgan fingerprint density at radius 2 is 2.16 bits per heavy atom. The van der Waals surface area contributed by atoms with Gasteiger partial charge in [0.1, 0.15) is 0 Å². The standard InChI is InChI=1S/C14H20BrNO2S/c1-3-4-12-7-8-16(10-12)19(17,18)14-9-13(15)6-5-11(14)2/h5-6,9,12H,3-4,7-8,10H2,1-2H3. The van der Waals surface area contributed by atoms with Gasteiger partial charge in [-0.25, -0.2) is 8.42 Å². The van der Waals surface area contributed by atoms with Crippen LogP contribution in [0.3, 0.4) is 0 Å². The summed E-state index contributed by atoms with van der Waals surface area (Å²) in [6.45, 7) is 5.32. The van der Waals surface area contributed by atoms with Crippen molar-refractivity contribution in [2.24, 2.45) is 5.92 Å². The first-order valence-electron chi connectivity index (χ1n) is 6.71. The third-order valence-electron chi connectivity index (χ3n) is 3.71. The number of aryl methyl sites for hydroxylation is 1. The molecule has 1 fully saturated rings. The Hall–Kier alpha value is -0.390. The maximum Gasteiger partial charge on any atom is 0.243 e. The Morgan fingerprint density at radius 1 is 1.42 bits per heavy atom. The minimum Gasteiger partial charge on any atom is -0.207 e. The van der Waals surface area contributed by atoms with Crippen LogP contribution in [0.1, 0.15) is 31.7 Å². The van der Waals surface area contributed by atoms with E-state index in [4.69, 9.17) is 0 Å². The van der Waals surface area contributed by atoms with Gasteiger partial charge in [0.15, 0.2) is 0 Å². The van der Waals surface area contributed by atoms with Crippen LogP contribution >= 0.6 is 15.9 Å². The van der Waals surface area contributed by atoms with Crippen molar-refractivity contribution in [1.82, 2.24) is 4.31 Å². The predicted molar refractivity (Wildman–Crippen MR) is 80.7 cm³/mol. The molecule has 1 aromatic carbocycles. The number of rotatable bonds is 4. The smallest absolute Gasteiger partial charge is 0.207 e. The Bertz CT molecular complexity index is 557. The second-order valence-corrected chi connectivity index (χ2v) is 8.04. The van der Waals surface area contributed by atoms with Crippen LogP contribution in [0.5, 0.6) is 0 Å². The van der Waals surface area contributed by atoms with Crippen molar-refractivity contribution in [2.75, 3.05) is 13.1 Å². The van der Waals surface area contributed by atoms with Gasteiger partial charge in [-0.3, -0.25) is 0 Å². The molecule has 0 amide bonds. The lowest BCUT2D eigenvalue weighted by Gasteiger charge is -2.18. The molecular formula is C14H20BrNO2S. The number of benzene rings is 1.